The second-order valence-electron chi connectivity index (χ2n) is 4.39. The van der Waals surface area contributed by atoms with Crippen LogP contribution in [0.5, 0.6) is 0 Å². The van der Waals surface area contributed by atoms with Crippen molar-refractivity contribution in [2.24, 2.45) is 0 Å². The molecule has 19 heavy (non-hydrogen) atoms. The third-order valence-corrected chi connectivity index (χ3v) is 2.74. The number of anilines is 1. The molecule has 1 N–H and O–H groups in total. The molecule has 0 spiro atoms. The van der Waals surface area contributed by atoms with Crippen LogP contribution in [-0.2, 0) is 0 Å². The normalized spacial score (nSPS) is 10.0. The van der Waals surface area contributed by atoms with Crippen LogP contribution in [0.15, 0.2) is 31.0 Å². The first-order chi connectivity index (χ1) is 9.22. The number of pyridine rings is 1. The molecule has 0 radical (unpaired) electrons. The number of rotatable bonds is 8. The zero-order valence-electron chi connectivity index (χ0n) is 11.9. The summed E-state index contributed by atoms with van der Waals surface area (Å²) in [5, 5.41) is 2.71. The SMILES string of the molecule is C=CCNC(=O)c1ccc(N(CCC)CCC)cn1. The third-order valence-electron chi connectivity index (χ3n) is 2.74. The molecule has 0 atom stereocenters. The zero-order valence-corrected chi connectivity index (χ0v) is 11.9. The summed E-state index contributed by atoms with van der Waals surface area (Å²) < 4.78 is 0. The van der Waals surface area contributed by atoms with Gasteiger partial charge in [0.2, 0.25) is 0 Å². The van der Waals surface area contributed by atoms with Gasteiger partial charge < -0.3 is 10.2 Å². The maximum Gasteiger partial charge on any atom is 0.270 e. The van der Waals surface area contributed by atoms with E-state index in [0.717, 1.165) is 31.6 Å². The highest BCUT2D eigenvalue weighted by molar-refractivity contribution is 5.92. The molecule has 0 unspecified atom stereocenters. The fourth-order valence-corrected chi connectivity index (χ4v) is 1.87. The van der Waals surface area contributed by atoms with E-state index in [2.05, 4.69) is 35.6 Å². The summed E-state index contributed by atoms with van der Waals surface area (Å²) in [4.78, 5) is 18.2. The quantitative estimate of drug-likeness (QED) is 0.732. The van der Waals surface area contributed by atoms with Gasteiger partial charge in [0.25, 0.3) is 5.91 Å². The van der Waals surface area contributed by atoms with Gasteiger partial charge in [0.05, 0.1) is 11.9 Å². The zero-order chi connectivity index (χ0) is 14.1. The highest BCUT2D eigenvalue weighted by atomic mass is 16.1. The molecule has 1 rings (SSSR count). The fourth-order valence-electron chi connectivity index (χ4n) is 1.87. The van der Waals surface area contributed by atoms with Crippen LogP contribution in [-0.4, -0.2) is 30.5 Å². The van der Waals surface area contributed by atoms with Crippen molar-refractivity contribution in [3.8, 4) is 0 Å². The Morgan fingerprint density at radius 2 is 2.05 bits per heavy atom. The summed E-state index contributed by atoms with van der Waals surface area (Å²) in [5.74, 6) is -0.163. The topological polar surface area (TPSA) is 45.2 Å². The summed E-state index contributed by atoms with van der Waals surface area (Å²) >= 11 is 0. The van der Waals surface area contributed by atoms with Crippen LogP contribution >= 0.6 is 0 Å². The van der Waals surface area contributed by atoms with E-state index in [1.54, 1.807) is 18.3 Å². The molecule has 4 nitrogen and oxygen atoms in total. The minimum Gasteiger partial charge on any atom is -0.370 e. The van der Waals surface area contributed by atoms with E-state index >= 15 is 0 Å². The Bertz CT molecular complexity index is 394. The summed E-state index contributed by atoms with van der Waals surface area (Å²) in [6.45, 7) is 10.4. The van der Waals surface area contributed by atoms with Crippen molar-refractivity contribution in [3.63, 3.8) is 0 Å². The molecule has 1 aromatic heterocycles. The first kappa shape index (κ1) is 15.2. The molecule has 0 aromatic carbocycles. The molecule has 104 valence electrons. The number of carbonyl (C=O) groups is 1. The van der Waals surface area contributed by atoms with Crippen molar-refractivity contribution in [2.75, 3.05) is 24.5 Å². The predicted octanol–water partition coefficient (Wildman–Crippen LogP) is 2.62. The third kappa shape index (κ3) is 4.73. The number of nitrogens with zero attached hydrogens (tertiary/aromatic N) is 2. The maximum absolute atomic E-state index is 11.7. The van der Waals surface area contributed by atoms with Crippen molar-refractivity contribution in [2.45, 2.75) is 26.7 Å². The first-order valence-electron chi connectivity index (χ1n) is 6.83. The summed E-state index contributed by atoms with van der Waals surface area (Å²) in [7, 11) is 0. The van der Waals surface area contributed by atoms with Gasteiger partial charge in [-0.1, -0.05) is 19.9 Å². The summed E-state index contributed by atoms with van der Waals surface area (Å²) in [6.07, 6.45) is 5.62. The van der Waals surface area contributed by atoms with Crippen LogP contribution in [0.3, 0.4) is 0 Å². The van der Waals surface area contributed by atoms with E-state index in [-0.39, 0.29) is 5.91 Å². The van der Waals surface area contributed by atoms with Gasteiger partial charge in [-0.05, 0) is 25.0 Å². The second kappa shape index (κ2) is 8.29. The van der Waals surface area contributed by atoms with Crippen LogP contribution in [0.2, 0.25) is 0 Å². The van der Waals surface area contributed by atoms with Gasteiger partial charge in [-0.15, -0.1) is 6.58 Å². The monoisotopic (exact) mass is 261 g/mol. The Kier molecular flexibility index (Phi) is 6.64. The summed E-state index contributed by atoms with van der Waals surface area (Å²) in [6, 6.07) is 3.73. The fraction of sp³-hybridized carbons (Fsp3) is 0.467. The number of hydrogen-bond acceptors (Lipinski definition) is 3. The molecule has 0 saturated carbocycles. The average Bonchev–Trinajstić information content (AvgIpc) is 2.44. The molecule has 1 heterocycles. The smallest absolute Gasteiger partial charge is 0.270 e. The van der Waals surface area contributed by atoms with Crippen molar-refractivity contribution >= 4 is 11.6 Å². The molecule has 0 fully saturated rings. The molecule has 0 aliphatic heterocycles. The lowest BCUT2D eigenvalue weighted by Crippen LogP contribution is -2.26. The molecule has 0 saturated heterocycles. The molecule has 0 aliphatic rings. The Balaban J connectivity index is 2.73. The lowest BCUT2D eigenvalue weighted by atomic mass is 10.2. The second-order valence-corrected chi connectivity index (χ2v) is 4.39. The van der Waals surface area contributed by atoms with Gasteiger partial charge in [-0.3, -0.25) is 4.79 Å². The van der Waals surface area contributed by atoms with E-state index in [1.807, 2.05) is 6.07 Å². The number of nitrogens with one attached hydrogen (secondary N) is 1. The van der Waals surface area contributed by atoms with E-state index in [0.29, 0.717) is 12.2 Å². The van der Waals surface area contributed by atoms with E-state index < -0.39 is 0 Å². The van der Waals surface area contributed by atoms with Gasteiger partial charge in [0, 0.05) is 19.6 Å². The van der Waals surface area contributed by atoms with Gasteiger partial charge in [-0.25, -0.2) is 4.98 Å². The van der Waals surface area contributed by atoms with E-state index in [9.17, 15) is 4.79 Å². The van der Waals surface area contributed by atoms with Crippen LogP contribution in [0.1, 0.15) is 37.2 Å². The number of carbonyl (C=O) groups excluding carboxylic acids is 1. The van der Waals surface area contributed by atoms with E-state index in [4.69, 9.17) is 0 Å². The summed E-state index contributed by atoms with van der Waals surface area (Å²) in [5.41, 5.74) is 1.52. The molecule has 0 aliphatic carbocycles. The average molecular weight is 261 g/mol. The Hall–Kier alpha value is -1.84. The minimum absolute atomic E-state index is 0.163. The Labute approximate surface area is 115 Å². The van der Waals surface area contributed by atoms with Gasteiger partial charge in [0.15, 0.2) is 0 Å². The van der Waals surface area contributed by atoms with Crippen LogP contribution < -0.4 is 10.2 Å². The molecule has 1 amide bonds. The molecule has 4 heteroatoms. The van der Waals surface area contributed by atoms with Crippen molar-refractivity contribution < 1.29 is 4.79 Å². The molecule has 1 aromatic rings. The number of hydrogen-bond donors (Lipinski definition) is 1. The Morgan fingerprint density at radius 1 is 1.37 bits per heavy atom. The number of amides is 1. The van der Waals surface area contributed by atoms with Crippen LogP contribution in [0, 0.1) is 0 Å². The van der Waals surface area contributed by atoms with Gasteiger partial charge in [0.1, 0.15) is 5.69 Å². The van der Waals surface area contributed by atoms with Crippen molar-refractivity contribution in [3.05, 3.63) is 36.7 Å². The lowest BCUT2D eigenvalue weighted by molar-refractivity contribution is 0.0953. The van der Waals surface area contributed by atoms with Gasteiger partial charge in [-0.2, -0.15) is 0 Å². The van der Waals surface area contributed by atoms with Crippen LogP contribution in [0.4, 0.5) is 5.69 Å². The first-order valence-corrected chi connectivity index (χ1v) is 6.83. The minimum atomic E-state index is -0.163. The maximum atomic E-state index is 11.7. The Morgan fingerprint density at radius 3 is 2.53 bits per heavy atom. The highest BCUT2D eigenvalue weighted by Crippen LogP contribution is 2.14. The standard InChI is InChI=1S/C15H23N3O/c1-4-9-16-15(19)14-8-7-13(12-17-14)18(10-5-2)11-6-3/h4,7-8,12H,1,5-6,9-11H2,2-3H3,(H,16,19). The predicted molar refractivity (Wildman–Crippen MR) is 79.6 cm³/mol. The van der Waals surface area contributed by atoms with Crippen LogP contribution in [0.25, 0.3) is 0 Å². The molecular formula is C15H23N3O. The highest BCUT2D eigenvalue weighted by Gasteiger charge is 2.08. The van der Waals surface area contributed by atoms with E-state index in [1.165, 1.54) is 0 Å². The number of aromatic nitrogens is 1. The molecular weight excluding hydrogens is 238 g/mol. The van der Waals surface area contributed by atoms with Gasteiger partial charge >= 0.3 is 0 Å². The van der Waals surface area contributed by atoms with Crippen molar-refractivity contribution in [1.82, 2.24) is 10.3 Å². The largest absolute Gasteiger partial charge is 0.370 e. The lowest BCUT2D eigenvalue weighted by Gasteiger charge is -2.23. The van der Waals surface area contributed by atoms with Crippen molar-refractivity contribution in [1.29, 1.82) is 0 Å². The molecule has 0 bridgehead atoms.